The summed E-state index contributed by atoms with van der Waals surface area (Å²) in [5.41, 5.74) is -1.21. The molecule has 0 aromatic carbocycles. The van der Waals surface area contributed by atoms with Gasteiger partial charge < -0.3 is 15.5 Å². The third-order valence-electron chi connectivity index (χ3n) is 2.85. The number of nitro groups is 1. The summed E-state index contributed by atoms with van der Waals surface area (Å²) in [5, 5.41) is 31.5. The number of pyridine rings is 1. The lowest BCUT2D eigenvalue weighted by atomic mass is 10.2. The van der Waals surface area contributed by atoms with E-state index in [1.165, 1.54) is 0 Å². The number of aromatic carboxylic acids is 1. The van der Waals surface area contributed by atoms with Crippen LogP contribution >= 0.6 is 0 Å². The molecule has 1 aromatic heterocycles. The first-order valence-corrected chi connectivity index (χ1v) is 5.24. The Morgan fingerprint density at radius 2 is 2.28 bits per heavy atom. The first kappa shape index (κ1) is 12.2. The van der Waals surface area contributed by atoms with Gasteiger partial charge in [-0.05, 0) is 12.8 Å². The molecule has 0 saturated heterocycles. The number of nitrogens with zero attached hydrogens (tertiary/aromatic N) is 2. The Labute approximate surface area is 101 Å². The fraction of sp³-hybridized carbons (Fsp3) is 0.400. The minimum absolute atomic E-state index is 0.0171. The molecule has 1 fully saturated rings. The van der Waals surface area contributed by atoms with Crippen LogP contribution in [0.3, 0.4) is 0 Å². The summed E-state index contributed by atoms with van der Waals surface area (Å²) < 4.78 is 0. The van der Waals surface area contributed by atoms with Gasteiger partial charge in [-0.25, -0.2) is 9.78 Å². The van der Waals surface area contributed by atoms with Crippen molar-refractivity contribution in [2.75, 3.05) is 11.9 Å². The topological polar surface area (TPSA) is 126 Å². The number of carboxylic acid groups (broad SMARTS) is 1. The van der Waals surface area contributed by atoms with E-state index in [2.05, 4.69) is 10.3 Å². The largest absolute Gasteiger partial charge is 0.478 e. The van der Waals surface area contributed by atoms with E-state index in [4.69, 9.17) is 10.2 Å². The highest BCUT2D eigenvalue weighted by Gasteiger charge is 2.43. The summed E-state index contributed by atoms with van der Waals surface area (Å²) >= 11 is 0. The maximum Gasteiger partial charge on any atom is 0.337 e. The van der Waals surface area contributed by atoms with Crippen molar-refractivity contribution in [1.82, 2.24) is 4.98 Å². The van der Waals surface area contributed by atoms with Crippen molar-refractivity contribution < 1.29 is 19.9 Å². The second-order valence-corrected chi connectivity index (χ2v) is 4.22. The molecule has 18 heavy (non-hydrogen) atoms. The van der Waals surface area contributed by atoms with E-state index in [-0.39, 0.29) is 18.0 Å². The van der Waals surface area contributed by atoms with E-state index in [0.717, 1.165) is 12.3 Å². The molecular formula is C10H11N3O5. The molecular weight excluding hydrogens is 242 g/mol. The van der Waals surface area contributed by atoms with Gasteiger partial charge in [0.25, 0.3) is 0 Å². The monoisotopic (exact) mass is 253 g/mol. The summed E-state index contributed by atoms with van der Waals surface area (Å²) in [6.07, 6.45) is 2.44. The fourth-order valence-corrected chi connectivity index (χ4v) is 1.53. The smallest absolute Gasteiger partial charge is 0.337 e. The predicted molar refractivity (Wildman–Crippen MR) is 60.5 cm³/mol. The Balaban J connectivity index is 2.35. The maximum absolute atomic E-state index is 10.9. The van der Waals surface area contributed by atoms with Gasteiger partial charge in [-0.1, -0.05) is 0 Å². The molecule has 0 aliphatic heterocycles. The van der Waals surface area contributed by atoms with E-state index in [1.54, 1.807) is 0 Å². The quantitative estimate of drug-likeness (QED) is 0.518. The highest BCUT2D eigenvalue weighted by molar-refractivity contribution is 5.88. The molecule has 1 aromatic rings. The SMILES string of the molecule is O=C(O)c1cnc(NC2(CO)CC2)c([N+](=O)[O-])c1. The summed E-state index contributed by atoms with van der Waals surface area (Å²) in [7, 11) is 0. The number of carbonyl (C=O) groups is 1. The number of hydrogen-bond donors (Lipinski definition) is 3. The molecule has 0 unspecified atom stereocenters. The van der Waals surface area contributed by atoms with Crippen molar-refractivity contribution in [2.24, 2.45) is 0 Å². The summed E-state index contributed by atoms with van der Waals surface area (Å²) in [6, 6.07) is 0.950. The van der Waals surface area contributed by atoms with E-state index < -0.39 is 22.1 Å². The van der Waals surface area contributed by atoms with Crippen LogP contribution in [0.5, 0.6) is 0 Å². The molecule has 0 amide bonds. The minimum atomic E-state index is -1.28. The Morgan fingerprint density at radius 1 is 1.61 bits per heavy atom. The Hall–Kier alpha value is -2.22. The maximum atomic E-state index is 10.9. The second-order valence-electron chi connectivity index (χ2n) is 4.22. The summed E-state index contributed by atoms with van der Waals surface area (Å²) in [6.45, 7) is -0.146. The van der Waals surface area contributed by atoms with E-state index >= 15 is 0 Å². The van der Waals surface area contributed by atoms with Gasteiger partial charge in [-0.3, -0.25) is 10.1 Å². The minimum Gasteiger partial charge on any atom is -0.478 e. The fourth-order valence-electron chi connectivity index (χ4n) is 1.53. The van der Waals surface area contributed by atoms with Crippen LogP contribution in [0.2, 0.25) is 0 Å². The standard InChI is InChI=1S/C10H11N3O5/c14-5-10(1-2-10)12-8-7(13(17)18)3-6(4-11-8)9(15)16/h3-4,14H,1-2,5H2,(H,11,12)(H,15,16). The number of aromatic nitrogens is 1. The Morgan fingerprint density at radius 3 is 2.72 bits per heavy atom. The molecule has 8 nitrogen and oxygen atoms in total. The highest BCUT2D eigenvalue weighted by Crippen LogP contribution is 2.39. The lowest BCUT2D eigenvalue weighted by Crippen LogP contribution is -2.26. The zero-order valence-corrected chi connectivity index (χ0v) is 9.29. The molecule has 2 rings (SSSR count). The summed E-state index contributed by atoms with van der Waals surface area (Å²) in [5.74, 6) is -1.29. The van der Waals surface area contributed by atoms with Crippen LogP contribution in [-0.2, 0) is 0 Å². The number of hydrogen-bond acceptors (Lipinski definition) is 6. The van der Waals surface area contributed by atoms with Crippen LogP contribution in [0, 0.1) is 10.1 Å². The van der Waals surface area contributed by atoms with Gasteiger partial charge >= 0.3 is 11.7 Å². The van der Waals surface area contributed by atoms with E-state index in [9.17, 15) is 14.9 Å². The van der Waals surface area contributed by atoms with Crippen LogP contribution in [0.4, 0.5) is 11.5 Å². The van der Waals surface area contributed by atoms with Gasteiger partial charge in [0.05, 0.1) is 22.6 Å². The van der Waals surface area contributed by atoms with Crippen molar-refractivity contribution in [3.8, 4) is 0 Å². The number of aliphatic hydroxyl groups is 1. The van der Waals surface area contributed by atoms with Gasteiger partial charge in [0.1, 0.15) is 0 Å². The third-order valence-corrected chi connectivity index (χ3v) is 2.85. The highest BCUT2D eigenvalue weighted by atomic mass is 16.6. The van der Waals surface area contributed by atoms with Crippen LogP contribution in [-0.4, -0.2) is 38.2 Å². The molecule has 3 N–H and O–H groups in total. The van der Waals surface area contributed by atoms with Gasteiger partial charge in [0.15, 0.2) is 0 Å². The molecule has 8 heteroatoms. The molecule has 1 aliphatic rings. The zero-order chi connectivity index (χ0) is 13.3. The first-order valence-electron chi connectivity index (χ1n) is 5.24. The second kappa shape index (κ2) is 4.22. The summed E-state index contributed by atoms with van der Waals surface area (Å²) in [4.78, 5) is 24.6. The van der Waals surface area contributed by atoms with Gasteiger partial charge in [0.2, 0.25) is 5.82 Å². The van der Waals surface area contributed by atoms with Crippen molar-refractivity contribution in [1.29, 1.82) is 0 Å². The van der Waals surface area contributed by atoms with Crippen molar-refractivity contribution in [2.45, 2.75) is 18.4 Å². The molecule has 1 saturated carbocycles. The normalized spacial score (nSPS) is 16.1. The third kappa shape index (κ3) is 2.23. The van der Waals surface area contributed by atoms with Crippen molar-refractivity contribution in [3.63, 3.8) is 0 Å². The Kier molecular flexibility index (Phi) is 2.87. The number of anilines is 1. The van der Waals surface area contributed by atoms with Crippen LogP contribution < -0.4 is 5.32 Å². The van der Waals surface area contributed by atoms with E-state index in [0.29, 0.717) is 12.8 Å². The lowest BCUT2D eigenvalue weighted by molar-refractivity contribution is -0.384. The van der Waals surface area contributed by atoms with Crippen molar-refractivity contribution in [3.05, 3.63) is 27.9 Å². The predicted octanol–water partition coefficient (Wildman–Crippen LogP) is 0.625. The molecule has 0 bridgehead atoms. The molecule has 1 heterocycles. The molecule has 96 valence electrons. The number of carboxylic acids is 1. The molecule has 0 radical (unpaired) electrons. The van der Waals surface area contributed by atoms with Crippen molar-refractivity contribution >= 4 is 17.5 Å². The zero-order valence-electron chi connectivity index (χ0n) is 9.29. The van der Waals surface area contributed by atoms with Gasteiger partial charge in [-0.2, -0.15) is 0 Å². The van der Waals surface area contributed by atoms with Gasteiger partial charge in [-0.15, -0.1) is 0 Å². The molecule has 0 atom stereocenters. The Bertz CT molecular complexity index is 512. The average molecular weight is 253 g/mol. The number of aliphatic hydroxyl groups excluding tert-OH is 1. The van der Waals surface area contributed by atoms with Crippen LogP contribution in [0.1, 0.15) is 23.2 Å². The molecule has 0 spiro atoms. The van der Waals surface area contributed by atoms with Crippen LogP contribution in [0.15, 0.2) is 12.3 Å². The molecule has 1 aliphatic carbocycles. The average Bonchev–Trinajstić information content (AvgIpc) is 3.09. The van der Waals surface area contributed by atoms with Gasteiger partial charge in [0, 0.05) is 12.3 Å². The number of nitrogens with one attached hydrogen (secondary N) is 1. The van der Waals surface area contributed by atoms with E-state index in [1.807, 2.05) is 0 Å². The lowest BCUT2D eigenvalue weighted by Gasteiger charge is -2.14. The first-order chi connectivity index (χ1) is 8.47. The number of rotatable bonds is 5. The van der Waals surface area contributed by atoms with Crippen LogP contribution in [0.25, 0.3) is 0 Å².